The molecule has 3 rings (SSSR count). The van der Waals surface area contributed by atoms with E-state index in [-0.39, 0.29) is 18.2 Å². The fraction of sp³-hybridized carbons (Fsp3) is 0.294. The molecule has 2 aromatic rings. The SMILES string of the molecule is O=C(OCc1cccc([N+](=O)[O-])c1)[C@@H]1CCCN1C(=O)c1cccs1. The number of nitro benzene ring substituents is 1. The summed E-state index contributed by atoms with van der Waals surface area (Å²) in [5, 5.41) is 12.6. The highest BCUT2D eigenvalue weighted by Gasteiger charge is 2.36. The Hall–Kier alpha value is -2.74. The third-order valence-electron chi connectivity index (χ3n) is 4.02. The molecule has 0 saturated carbocycles. The lowest BCUT2D eigenvalue weighted by Crippen LogP contribution is -2.41. The van der Waals surface area contributed by atoms with Gasteiger partial charge in [-0.2, -0.15) is 0 Å². The maximum Gasteiger partial charge on any atom is 0.329 e. The van der Waals surface area contributed by atoms with Crippen LogP contribution in [0, 0.1) is 10.1 Å². The summed E-state index contributed by atoms with van der Waals surface area (Å²) < 4.78 is 5.29. The van der Waals surface area contributed by atoms with Gasteiger partial charge in [0.2, 0.25) is 0 Å². The molecule has 1 amide bonds. The fourth-order valence-corrected chi connectivity index (χ4v) is 3.49. The van der Waals surface area contributed by atoms with Crippen LogP contribution >= 0.6 is 11.3 Å². The number of non-ortho nitro benzene ring substituents is 1. The van der Waals surface area contributed by atoms with Crippen LogP contribution in [0.4, 0.5) is 5.69 Å². The predicted octanol–water partition coefficient (Wildman–Crippen LogP) is 3.00. The molecule has 25 heavy (non-hydrogen) atoms. The monoisotopic (exact) mass is 360 g/mol. The number of amides is 1. The lowest BCUT2D eigenvalue weighted by Gasteiger charge is -2.22. The number of rotatable bonds is 5. The average Bonchev–Trinajstić information content (AvgIpc) is 3.30. The van der Waals surface area contributed by atoms with Gasteiger partial charge in [-0.05, 0) is 29.9 Å². The Kier molecular flexibility index (Phi) is 5.08. The zero-order valence-electron chi connectivity index (χ0n) is 13.3. The van der Waals surface area contributed by atoms with E-state index in [2.05, 4.69) is 0 Å². The van der Waals surface area contributed by atoms with Gasteiger partial charge in [-0.3, -0.25) is 14.9 Å². The molecule has 0 spiro atoms. The van der Waals surface area contributed by atoms with Crippen molar-refractivity contribution in [1.82, 2.24) is 4.90 Å². The van der Waals surface area contributed by atoms with Crippen molar-refractivity contribution in [1.29, 1.82) is 0 Å². The highest BCUT2D eigenvalue weighted by Crippen LogP contribution is 2.23. The molecule has 1 aromatic heterocycles. The third kappa shape index (κ3) is 3.85. The molecule has 130 valence electrons. The van der Waals surface area contributed by atoms with E-state index in [4.69, 9.17) is 4.74 Å². The number of carbonyl (C=O) groups excluding carboxylic acids is 2. The van der Waals surface area contributed by atoms with Gasteiger partial charge >= 0.3 is 5.97 Å². The standard InChI is InChI=1S/C17H16N2O5S/c20-16(15-7-3-9-25-15)18-8-2-6-14(18)17(21)24-11-12-4-1-5-13(10-12)19(22)23/h1,3-5,7,9-10,14H,2,6,8,11H2/t14-/m0/s1. The number of nitrogens with zero attached hydrogens (tertiary/aromatic N) is 2. The van der Waals surface area contributed by atoms with E-state index in [9.17, 15) is 19.7 Å². The molecule has 1 fully saturated rings. The first-order chi connectivity index (χ1) is 12.1. The van der Waals surface area contributed by atoms with E-state index in [1.807, 2.05) is 5.38 Å². The third-order valence-corrected chi connectivity index (χ3v) is 4.88. The second-order valence-corrected chi connectivity index (χ2v) is 6.62. The van der Waals surface area contributed by atoms with Crippen LogP contribution < -0.4 is 0 Å². The van der Waals surface area contributed by atoms with Crippen LogP contribution in [-0.4, -0.2) is 34.3 Å². The van der Waals surface area contributed by atoms with Crippen molar-refractivity contribution in [3.63, 3.8) is 0 Å². The van der Waals surface area contributed by atoms with Crippen LogP contribution in [0.25, 0.3) is 0 Å². The summed E-state index contributed by atoms with van der Waals surface area (Å²) in [6, 6.07) is 8.88. The van der Waals surface area contributed by atoms with Crippen molar-refractivity contribution >= 4 is 28.9 Å². The Morgan fingerprint density at radius 1 is 1.32 bits per heavy atom. The molecule has 8 heteroatoms. The van der Waals surface area contributed by atoms with Gasteiger partial charge < -0.3 is 9.64 Å². The summed E-state index contributed by atoms with van der Waals surface area (Å²) in [6.07, 6.45) is 1.30. The van der Waals surface area contributed by atoms with E-state index >= 15 is 0 Å². The first-order valence-corrected chi connectivity index (χ1v) is 8.68. The van der Waals surface area contributed by atoms with Gasteiger partial charge in [0.1, 0.15) is 12.6 Å². The number of hydrogen-bond donors (Lipinski definition) is 0. The number of likely N-dealkylation sites (tertiary alicyclic amines) is 1. The molecule has 1 aromatic carbocycles. The topological polar surface area (TPSA) is 89.8 Å². The minimum atomic E-state index is -0.603. The van der Waals surface area contributed by atoms with Crippen LogP contribution in [0.2, 0.25) is 0 Å². The van der Waals surface area contributed by atoms with Gasteiger partial charge in [-0.1, -0.05) is 18.2 Å². The summed E-state index contributed by atoms with van der Waals surface area (Å²) in [5.41, 5.74) is 0.487. The summed E-state index contributed by atoms with van der Waals surface area (Å²) in [5.74, 6) is -0.640. The van der Waals surface area contributed by atoms with Crippen LogP contribution in [0.1, 0.15) is 28.1 Å². The maximum atomic E-state index is 12.5. The largest absolute Gasteiger partial charge is 0.459 e. The van der Waals surface area contributed by atoms with E-state index < -0.39 is 16.9 Å². The number of hydrogen-bond acceptors (Lipinski definition) is 6. The Bertz CT molecular complexity index is 790. The number of nitro groups is 1. The van der Waals surface area contributed by atoms with Crippen molar-refractivity contribution < 1.29 is 19.2 Å². The molecule has 0 radical (unpaired) electrons. The molecule has 0 N–H and O–H groups in total. The summed E-state index contributed by atoms with van der Waals surface area (Å²) in [7, 11) is 0. The molecule has 2 heterocycles. The molecule has 0 unspecified atom stereocenters. The molecule has 0 bridgehead atoms. The Labute approximate surface area is 148 Å². The van der Waals surface area contributed by atoms with Gasteiger partial charge in [0.05, 0.1) is 9.80 Å². The highest BCUT2D eigenvalue weighted by atomic mass is 32.1. The van der Waals surface area contributed by atoms with Gasteiger partial charge in [0, 0.05) is 18.7 Å². The van der Waals surface area contributed by atoms with E-state index in [1.54, 1.807) is 29.2 Å². The molecule has 1 aliphatic heterocycles. The van der Waals surface area contributed by atoms with E-state index in [0.717, 1.165) is 6.42 Å². The molecular formula is C17H16N2O5S. The molecule has 1 atom stereocenters. The first kappa shape index (κ1) is 17.1. The second kappa shape index (κ2) is 7.43. The lowest BCUT2D eigenvalue weighted by molar-refractivity contribution is -0.384. The molecule has 0 aliphatic carbocycles. The van der Waals surface area contributed by atoms with Crippen molar-refractivity contribution in [2.75, 3.05) is 6.54 Å². The van der Waals surface area contributed by atoms with Gasteiger partial charge in [0.15, 0.2) is 0 Å². The number of esters is 1. The van der Waals surface area contributed by atoms with Crippen LogP contribution in [0.3, 0.4) is 0 Å². The van der Waals surface area contributed by atoms with Gasteiger partial charge in [0.25, 0.3) is 11.6 Å². The normalized spacial score (nSPS) is 16.6. The lowest BCUT2D eigenvalue weighted by atomic mass is 10.2. The van der Waals surface area contributed by atoms with E-state index in [0.29, 0.717) is 23.4 Å². The molecule has 1 aliphatic rings. The number of ether oxygens (including phenoxy) is 1. The maximum absolute atomic E-state index is 12.5. The molecular weight excluding hydrogens is 344 g/mol. The van der Waals surface area contributed by atoms with Crippen LogP contribution in [0.15, 0.2) is 41.8 Å². The minimum Gasteiger partial charge on any atom is -0.459 e. The van der Waals surface area contributed by atoms with Crippen molar-refractivity contribution in [3.8, 4) is 0 Å². The summed E-state index contributed by atoms with van der Waals surface area (Å²) in [4.78, 5) is 37.3. The highest BCUT2D eigenvalue weighted by molar-refractivity contribution is 7.12. The van der Waals surface area contributed by atoms with Gasteiger partial charge in [-0.25, -0.2) is 4.79 Å². The molecule has 7 nitrogen and oxygen atoms in total. The summed E-state index contributed by atoms with van der Waals surface area (Å²) >= 11 is 1.34. The van der Waals surface area contributed by atoms with Crippen molar-refractivity contribution in [2.24, 2.45) is 0 Å². The van der Waals surface area contributed by atoms with Gasteiger partial charge in [-0.15, -0.1) is 11.3 Å². The second-order valence-electron chi connectivity index (χ2n) is 5.67. The van der Waals surface area contributed by atoms with Crippen LogP contribution in [0.5, 0.6) is 0 Å². The Balaban J connectivity index is 1.63. The summed E-state index contributed by atoms with van der Waals surface area (Å²) in [6.45, 7) is 0.464. The first-order valence-electron chi connectivity index (χ1n) is 7.80. The Morgan fingerprint density at radius 2 is 2.16 bits per heavy atom. The smallest absolute Gasteiger partial charge is 0.329 e. The number of thiophene rings is 1. The Morgan fingerprint density at radius 3 is 2.88 bits per heavy atom. The molecule has 1 saturated heterocycles. The van der Waals surface area contributed by atoms with Crippen molar-refractivity contribution in [2.45, 2.75) is 25.5 Å². The predicted molar refractivity (Wildman–Crippen MR) is 91.3 cm³/mol. The number of carbonyl (C=O) groups is 2. The zero-order chi connectivity index (χ0) is 17.8. The number of benzene rings is 1. The minimum absolute atomic E-state index is 0.0519. The fourth-order valence-electron chi connectivity index (χ4n) is 2.81. The van der Waals surface area contributed by atoms with E-state index in [1.165, 1.54) is 23.5 Å². The average molecular weight is 360 g/mol. The quantitative estimate of drug-likeness (QED) is 0.464. The van der Waals surface area contributed by atoms with Crippen LogP contribution in [-0.2, 0) is 16.1 Å². The van der Waals surface area contributed by atoms with Crippen molar-refractivity contribution in [3.05, 3.63) is 62.3 Å². The zero-order valence-corrected chi connectivity index (χ0v) is 14.1.